The van der Waals surface area contributed by atoms with Gasteiger partial charge in [0.1, 0.15) is 0 Å². The van der Waals surface area contributed by atoms with Gasteiger partial charge in [-0.25, -0.2) is 0 Å². The maximum absolute atomic E-state index is 13.0. The van der Waals surface area contributed by atoms with Crippen LogP contribution in [0.2, 0.25) is 0 Å². The molecule has 1 aromatic carbocycles. The van der Waals surface area contributed by atoms with Gasteiger partial charge >= 0.3 is 0 Å². The Hall–Kier alpha value is -1.88. The molecule has 0 N–H and O–H groups in total. The summed E-state index contributed by atoms with van der Waals surface area (Å²) in [4.78, 5) is 28.8. The molecule has 5 heteroatoms. The number of aryl methyl sites for hydroxylation is 1. The van der Waals surface area contributed by atoms with Crippen LogP contribution in [-0.2, 0) is 20.7 Å². The summed E-state index contributed by atoms with van der Waals surface area (Å²) in [6.45, 7) is 3.71. The monoisotopic (exact) mass is 316 g/mol. The number of para-hydroxylation sites is 1. The summed E-state index contributed by atoms with van der Waals surface area (Å²) in [6.07, 6.45) is 2.30. The van der Waals surface area contributed by atoms with Gasteiger partial charge in [-0.1, -0.05) is 18.2 Å². The van der Waals surface area contributed by atoms with Crippen molar-refractivity contribution in [3.05, 3.63) is 29.8 Å². The SMILES string of the molecule is COC[C@H](C)N1C[C@@H](C(=O)N2CCCc3ccccc32)CC1=O. The van der Waals surface area contributed by atoms with Gasteiger partial charge in [-0.05, 0) is 31.4 Å². The predicted molar refractivity (Wildman–Crippen MR) is 88.3 cm³/mol. The Morgan fingerprint density at radius 1 is 1.39 bits per heavy atom. The first-order valence-electron chi connectivity index (χ1n) is 8.29. The van der Waals surface area contributed by atoms with Gasteiger partial charge in [0.05, 0.1) is 18.6 Å². The Bertz CT molecular complexity index is 602. The van der Waals surface area contributed by atoms with Crippen molar-refractivity contribution >= 4 is 17.5 Å². The lowest BCUT2D eigenvalue weighted by Crippen LogP contribution is -2.42. The number of nitrogens with zero attached hydrogens (tertiary/aromatic N) is 2. The average molecular weight is 316 g/mol. The Morgan fingerprint density at radius 3 is 2.96 bits per heavy atom. The second-order valence-electron chi connectivity index (χ2n) is 6.47. The molecule has 2 aliphatic rings. The largest absolute Gasteiger partial charge is 0.383 e. The molecule has 5 nitrogen and oxygen atoms in total. The van der Waals surface area contributed by atoms with E-state index < -0.39 is 0 Å². The lowest BCUT2D eigenvalue weighted by atomic mass is 9.99. The van der Waals surface area contributed by atoms with Crippen molar-refractivity contribution in [3.8, 4) is 0 Å². The third-order valence-corrected chi connectivity index (χ3v) is 4.82. The fourth-order valence-electron chi connectivity index (χ4n) is 3.64. The molecule has 3 rings (SSSR count). The van der Waals surface area contributed by atoms with E-state index in [2.05, 4.69) is 6.07 Å². The van der Waals surface area contributed by atoms with Crippen molar-refractivity contribution in [1.29, 1.82) is 0 Å². The van der Waals surface area contributed by atoms with Crippen LogP contribution in [-0.4, -0.2) is 49.6 Å². The number of carbonyl (C=O) groups is 2. The molecule has 2 heterocycles. The Labute approximate surface area is 137 Å². The molecular formula is C18H24N2O3. The van der Waals surface area contributed by atoms with Gasteiger partial charge in [-0.2, -0.15) is 0 Å². The maximum Gasteiger partial charge on any atom is 0.232 e. The highest BCUT2D eigenvalue weighted by atomic mass is 16.5. The Balaban J connectivity index is 1.74. The fraction of sp³-hybridized carbons (Fsp3) is 0.556. The zero-order valence-corrected chi connectivity index (χ0v) is 13.8. The predicted octanol–water partition coefficient (Wildman–Crippen LogP) is 1.85. The minimum atomic E-state index is -0.243. The molecule has 0 bridgehead atoms. The molecule has 2 amide bonds. The molecule has 23 heavy (non-hydrogen) atoms. The summed E-state index contributed by atoms with van der Waals surface area (Å²) in [5.74, 6) is -0.108. The van der Waals surface area contributed by atoms with Crippen molar-refractivity contribution in [2.45, 2.75) is 32.2 Å². The molecular weight excluding hydrogens is 292 g/mol. The van der Waals surface area contributed by atoms with Crippen LogP contribution in [0, 0.1) is 5.92 Å². The van der Waals surface area contributed by atoms with Crippen molar-refractivity contribution in [1.82, 2.24) is 4.90 Å². The van der Waals surface area contributed by atoms with Crippen LogP contribution >= 0.6 is 0 Å². The van der Waals surface area contributed by atoms with E-state index in [1.54, 1.807) is 12.0 Å². The number of anilines is 1. The van der Waals surface area contributed by atoms with Gasteiger partial charge in [0, 0.05) is 32.3 Å². The van der Waals surface area contributed by atoms with Crippen LogP contribution in [0.4, 0.5) is 5.69 Å². The Morgan fingerprint density at radius 2 is 2.17 bits per heavy atom. The second-order valence-corrected chi connectivity index (χ2v) is 6.47. The third kappa shape index (κ3) is 3.11. The number of likely N-dealkylation sites (tertiary alicyclic amines) is 1. The van der Waals surface area contributed by atoms with E-state index in [1.807, 2.05) is 30.0 Å². The summed E-state index contributed by atoms with van der Waals surface area (Å²) in [5.41, 5.74) is 2.24. The second kappa shape index (κ2) is 6.71. The third-order valence-electron chi connectivity index (χ3n) is 4.82. The summed E-state index contributed by atoms with van der Waals surface area (Å²) < 4.78 is 5.13. The molecule has 2 aliphatic heterocycles. The molecule has 2 atom stereocenters. The topological polar surface area (TPSA) is 49.9 Å². The van der Waals surface area contributed by atoms with Crippen molar-refractivity contribution in [2.75, 3.05) is 31.7 Å². The van der Waals surface area contributed by atoms with E-state index in [9.17, 15) is 9.59 Å². The van der Waals surface area contributed by atoms with Crippen LogP contribution in [0.25, 0.3) is 0 Å². The highest BCUT2D eigenvalue weighted by Crippen LogP contribution is 2.30. The number of hydrogen-bond donors (Lipinski definition) is 0. The summed E-state index contributed by atoms with van der Waals surface area (Å²) in [7, 11) is 1.63. The molecule has 124 valence electrons. The summed E-state index contributed by atoms with van der Waals surface area (Å²) in [5, 5.41) is 0. The molecule has 0 radical (unpaired) electrons. The molecule has 1 aromatic rings. The molecule has 0 aromatic heterocycles. The maximum atomic E-state index is 13.0. The molecule has 0 aliphatic carbocycles. The summed E-state index contributed by atoms with van der Waals surface area (Å²) >= 11 is 0. The lowest BCUT2D eigenvalue weighted by Gasteiger charge is -2.31. The molecule has 0 saturated carbocycles. The molecule has 1 saturated heterocycles. The number of carbonyl (C=O) groups excluding carboxylic acids is 2. The van der Waals surface area contributed by atoms with Gasteiger partial charge < -0.3 is 14.5 Å². The highest BCUT2D eigenvalue weighted by Gasteiger charge is 2.39. The number of hydrogen-bond acceptors (Lipinski definition) is 3. The smallest absolute Gasteiger partial charge is 0.232 e. The molecule has 1 fully saturated rings. The summed E-state index contributed by atoms with van der Waals surface area (Å²) in [6, 6.07) is 8.09. The van der Waals surface area contributed by atoms with E-state index in [-0.39, 0.29) is 23.8 Å². The van der Waals surface area contributed by atoms with Gasteiger partial charge in [0.25, 0.3) is 0 Å². The van der Waals surface area contributed by atoms with Crippen molar-refractivity contribution < 1.29 is 14.3 Å². The van der Waals surface area contributed by atoms with Gasteiger partial charge in [0.2, 0.25) is 11.8 Å². The first-order valence-corrected chi connectivity index (χ1v) is 8.29. The van der Waals surface area contributed by atoms with E-state index in [4.69, 9.17) is 4.74 Å². The number of amides is 2. The highest BCUT2D eigenvalue weighted by molar-refractivity contribution is 5.99. The van der Waals surface area contributed by atoms with E-state index >= 15 is 0 Å². The lowest BCUT2D eigenvalue weighted by molar-refractivity contribution is -0.130. The van der Waals surface area contributed by atoms with Crippen molar-refractivity contribution in [3.63, 3.8) is 0 Å². The van der Waals surface area contributed by atoms with E-state index in [0.29, 0.717) is 19.6 Å². The normalized spacial score (nSPS) is 22.2. The Kier molecular flexibility index (Phi) is 4.66. The van der Waals surface area contributed by atoms with Crippen LogP contribution in [0.5, 0.6) is 0 Å². The number of benzene rings is 1. The zero-order valence-electron chi connectivity index (χ0n) is 13.8. The van der Waals surface area contributed by atoms with Gasteiger partial charge in [-0.3, -0.25) is 9.59 Å². The number of ether oxygens (including phenoxy) is 1. The van der Waals surface area contributed by atoms with Crippen LogP contribution in [0.15, 0.2) is 24.3 Å². The minimum absolute atomic E-state index is 0.0129. The van der Waals surface area contributed by atoms with E-state index in [0.717, 1.165) is 25.1 Å². The zero-order chi connectivity index (χ0) is 16.4. The van der Waals surface area contributed by atoms with Crippen LogP contribution in [0.1, 0.15) is 25.3 Å². The number of fused-ring (bicyclic) bond motifs is 1. The van der Waals surface area contributed by atoms with Crippen LogP contribution < -0.4 is 4.90 Å². The molecule has 0 spiro atoms. The number of methoxy groups -OCH3 is 1. The number of rotatable bonds is 4. The fourth-order valence-corrected chi connectivity index (χ4v) is 3.64. The first kappa shape index (κ1) is 16.0. The average Bonchev–Trinajstić information content (AvgIpc) is 2.96. The standard InChI is InChI=1S/C18H24N2O3/c1-13(12-23-2)20-11-15(10-17(20)21)18(22)19-9-5-7-14-6-3-4-8-16(14)19/h3-4,6,8,13,15H,5,7,9-12H2,1-2H3/t13-,15-/m0/s1. The first-order chi connectivity index (χ1) is 11.1. The quantitative estimate of drug-likeness (QED) is 0.852. The van der Waals surface area contributed by atoms with Gasteiger partial charge in [0.15, 0.2) is 0 Å². The van der Waals surface area contributed by atoms with Crippen LogP contribution in [0.3, 0.4) is 0 Å². The van der Waals surface area contributed by atoms with E-state index in [1.165, 1.54) is 5.56 Å². The minimum Gasteiger partial charge on any atom is -0.383 e. The van der Waals surface area contributed by atoms with Crippen molar-refractivity contribution in [2.24, 2.45) is 5.92 Å². The van der Waals surface area contributed by atoms with Gasteiger partial charge in [-0.15, -0.1) is 0 Å². The molecule has 0 unspecified atom stereocenters.